The molecule has 2 fully saturated rings. The minimum absolute atomic E-state index is 0. The van der Waals surface area contributed by atoms with Crippen molar-refractivity contribution >= 4 is 68.8 Å². The molecule has 1 amide bonds. The number of carbonyl (C=O) groups excluding carboxylic acids is 1. The summed E-state index contributed by atoms with van der Waals surface area (Å²) < 4.78 is 27.8. The van der Waals surface area contributed by atoms with Crippen molar-refractivity contribution in [3.63, 3.8) is 0 Å². The van der Waals surface area contributed by atoms with Crippen LogP contribution in [0.15, 0.2) is 65.8 Å². The topological polar surface area (TPSA) is 99.8 Å². The second kappa shape index (κ2) is 11.7. The van der Waals surface area contributed by atoms with E-state index in [1.165, 1.54) is 4.31 Å². The molecule has 0 aliphatic carbocycles. The smallest absolute Gasteiger partial charge is 0.243 e. The monoisotopic (exact) mass is 585 g/mol. The average molecular weight is 587 g/mol. The molecule has 200 valence electrons. The number of hydrogen-bond acceptors (Lipinski definition) is 6. The third-order valence-electron chi connectivity index (χ3n) is 6.99. The number of nitrogens with two attached hydrogens (primary N) is 1. The van der Waals surface area contributed by atoms with Crippen molar-refractivity contribution in [2.24, 2.45) is 5.73 Å². The van der Waals surface area contributed by atoms with Crippen LogP contribution in [-0.2, 0) is 14.8 Å². The highest BCUT2D eigenvalue weighted by Gasteiger charge is 2.38. The van der Waals surface area contributed by atoms with Crippen molar-refractivity contribution < 1.29 is 13.2 Å². The molecule has 0 atom stereocenters. The van der Waals surface area contributed by atoms with Crippen molar-refractivity contribution in [2.75, 3.05) is 44.2 Å². The number of halogens is 3. The van der Waals surface area contributed by atoms with Crippen molar-refractivity contribution in [3.05, 3.63) is 65.9 Å². The lowest BCUT2D eigenvalue weighted by Gasteiger charge is -2.44. The first kappa shape index (κ1) is 29.4. The van der Waals surface area contributed by atoms with Gasteiger partial charge in [0.2, 0.25) is 15.9 Å². The third-order valence-corrected chi connectivity index (χ3v) is 9.06. The molecule has 2 N–H and O–H groups in total. The van der Waals surface area contributed by atoms with Crippen LogP contribution >= 0.6 is 36.4 Å². The lowest BCUT2D eigenvalue weighted by atomic mass is 9.87. The normalized spacial score (nSPS) is 18.3. The Labute approximate surface area is 234 Å². The van der Waals surface area contributed by atoms with Crippen LogP contribution in [0.3, 0.4) is 0 Å². The van der Waals surface area contributed by atoms with E-state index in [4.69, 9.17) is 17.3 Å². The summed E-state index contributed by atoms with van der Waals surface area (Å²) in [6.07, 6.45) is 5.06. The molecule has 0 bridgehead atoms. The molecule has 2 saturated heterocycles. The number of sulfonamides is 1. The molecule has 5 rings (SSSR count). The van der Waals surface area contributed by atoms with Crippen LogP contribution < -0.4 is 10.6 Å². The maximum Gasteiger partial charge on any atom is 0.243 e. The Morgan fingerprint density at radius 3 is 2.24 bits per heavy atom. The van der Waals surface area contributed by atoms with E-state index >= 15 is 0 Å². The number of piperazine rings is 1. The Morgan fingerprint density at radius 1 is 0.919 bits per heavy atom. The highest BCUT2D eigenvalue weighted by molar-refractivity contribution is 7.89. The molecule has 2 aromatic carbocycles. The lowest BCUT2D eigenvalue weighted by molar-refractivity contribution is -0.135. The summed E-state index contributed by atoms with van der Waals surface area (Å²) in [4.78, 5) is 21.2. The molecule has 0 radical (unpaired) electrons. The van der Waals surface area contributed by atoms with Gasteiger partial charge in [0.25, 0.3) is 0 Å². The van der Waals surface area contributed by atoms with Gasteiger partial charge in [0.1, 0.15) is 0 Å². The number of benzene rings is 2. The maximum absolute atomic E-state index is 13.3. The molecule has 3 heterocycles. The number of nitrogens with zero attached hydrogens (tertiary/aromatic N) is 4. The highest BCUT2D eigenvalue weighted by atomic mass is 35.5. The van der Waals surface area contributed by atoms with Gasteiger partial charge < -0.3 is 15.5 Å². The molecule has 3 aromatic rings. The van der Waals surface area contributed by atoms with Gasteiger partial charge in [0.15, 0.2) is 0 Å². The zero-order valence-corrected chi connectivity index (χ0v) is 23.3. The van der Waals surface area contributed by atoms with Crippen LogP contribution in [0.2, 0.25) is 5.02 Å². The largest absolute Gasteiger partial charge is 0.371 e. The fourth-order valence-electron chi connectivity index (χ4n) is 4.87. The fraction of sp³-hybridized carbons (Fsp3) is 0.360. The third kappa shape index (κ3) is 6.30. The van der Waals surface area contributed by atoms with Crippen molar-refractivity contribution in [1.29, 1.82) is 0 Å². The van der Waals surface area contributed by atoms with Gasteiger partial charge in [-0.15, -0.1) is 24.8 Å². The molecule has 37 heavy (non-hydrogen) atoms. The molecule has 2 aliphatic heterocycles. The number of rotatable bonds is 5. The summed E-state index contributed by atoms with van der Waals surface area (Å²) in [5.41, 5.74) is 7.33. The van der Waals surface area contributed by atoms with E-state index in [2.05, 4.69) is 9.88 Å². The molecule has 2 aliphatic rings. The molecule has 0 saturated carbocycles. The average Bonchev–Trinajstić information content (AvgIpc) is 2.86. The zero-order chi connectivity index (χ0) is 24.6. The molecular formula is C25H30Cl3N5O3S. The molecule has 8 nitrogen and oxygen atoms in total. The first-order valence-corrected chi connectivity index (χ1v) is 13.5. The minimum atomic E-state index is -3.80. The molecular weight excluding hydrogens is 557 g/mol. The van der Waals surface area contributed by atoms with E-state index in [1.54, 1.807) is 53.7 Å². The Hall–Kier alpha value is -2.14. The first-order chi connectivity index (χ1) is 16.7. The van der Waals surface area contributed by atoms with Gasteiger partial charge in [-0.2, -0.15) is 4.31 Å². The standard InChI is InChI=1S/C25H28ClN5O3S.2ClH/c26-21-3-1-20-16-23(4-2-19(20)15-21)35(33,34)31-14-13-30(24(32)17-31)18-25(27)7-11-29(12-8-25)22-5-9-28-10-6-22;;/h1-6,9-10,15-16H,7-8,11-14,17-18,27H2;2*1H. The minimum Gasteiger partial charge on any atom is -0.371 e. The van der Waals surface area contributed by atoms with Gasteiger partial charge in [0.05, 0.1) is 11.4 Å². The van der Waals surface area contributed by atoms with E-state index in [-0.39, 0.29) is 48.7 Å². The number of fused-ring (bicyclic) bond motifs is 1. The van der Waals surface area contributed by atoms with E-state index in [9.17, 15) is 13.2 Å². The van der Waals surface area contributed by atoms with Gasteiger partial charge in [-0.3, -0.25) is 9.78 Å². The Morgan fingerprint density at radius 2 is 1.57 bits per heavy atom. The van der Waals surface area contributed by atoms with Gasteiger partial charge in [0, 0.05) is 61.4 Å². The van der Waals surface area contributed by atoms with Crippen LogP contribution in [0.4, 0.5) is 5.69 Å². The second-order valence-corrected chi connectivity index (χ2v) is 11.7. The number of aromatic nitrogens is 1. The van der Waals surface area contributed by atoms with Crippen LogP contribution in [0, 0.1) is 0 Å². The Kier molecular flexibility index (Phi) is 9.32. The Bertz CT molecular complexity index is 1350. The van der Waals surface area contributed by atoms with Crippen LogP contribution in [0.5, 0.6) is 0 Å². The zero-order valence-electron chi connectivity index (χ0n) is 20.1. The lowest BCUT2D eigenvalue weighted by Crippen LogP contribution is -2.61. The van der Waals surface area contributed by atoms with Crippen LogP contribution in [0.25, 0.3) is 10.8 Å². The number of anilines is 1. The van der Waals surface area contributed by atoms with Gasteiger partial charge in [-0.05, 0) is 60.0 Å². The van der Waals surface area contributed by atoms with Crippen LogP contribution in [0.1, 0.15) is 12.8 Å². The number of carbonyl (C=O) groups is 1. The summed E-state index contributed by atoms with van der Waals surface area (Å²) in [7, 11) is -3.80. The van der Waals surface area contributed by atoms with E-state index < -0.39 is 15.6 Å². The summed E-state index contributed by atoms with van der Waals surface area (Å²) in [6, 6.07) is 14.2. The highest BCUT2D eigenvalue weighted by Crippen LogP contribution is 2.28. The number of hydrogen-bond donors (Lipinski definition) is 1. The van der Waals surface area contributed by atoms with Crippen molar-refractivity contribution in [2.45, 2.75) is 23.3 Å². The van der Waals surface area contributed by atoms with Gasteiger partial charge in [-0.25, -0.2) is 8.42 Å². The first-order valence-electron chi connectivity index (χ1n) is 11.6. The maximum atomic E-state index is 13.3. The molecule has 12 heteroatoms. The van der Waals surface area contributed by atoms with E-state index in [0.717, 1.165) is 42.4 Å². The van der Waals surface area contributed by atoms with E-state index in [1.807, 2.05) is 12.1 Å². The van der Waals surface area contributed by atoms with Crippen LogP contribution in [-0.4, -0.2) is 73.3 Å². The quantitative estimate of drug-likeness (QED) is 0.491. The summed E-state index contributed by atoms with van der Waals surface area (Å²) in [5.74, 6) is -0.214. The van der Waals surface area contributed by atoms with Gasteiger partial charge >= 0.3 is 0 Å². The summed E-state index contributed by atoms with van der Waals surface area (Å²) in [6.45, 7) is 2.42. The molecule has 0 spiro atoms. The Balaban J connectivity index is 0.00000190. The van der Waals surface area contributed by atoms with Crippen molar-refractivity contribution in [3.8, 4) is 0 Å². The number of pyridine rings is 1. The molecule has 1 aromatic heterocycles. The summed E-state index contributed by atoms with van der Waals surface area (Å²) >= 11 is 6.03. The van der Waals surface area contributed by atoms with Gasteiger partial charge in [-0.1, -0.05) is 23.7 Å². The second-order valence-electron chi connectivity index (χ2n) is 9.36. The predicted molar refractivity (Wildman–Crippen MR) is 151 cm³/mol. The number of piperidine rings is 1. The number of amides is 1. The predicted octanol–water partition coefficient (Wildman–Crippen LogP) is 3.56. The summed E-state index contributed by atoms with van der Waals surface area (Å²) in [5, 5.41) is 2.24. The SMILES string of the molecule is Cl.Cl.NC1(CN2CCN(S(=O)(=O)c3ccc4cc(Cl)ccc4c3)CC2=O)CCN(c2ccncc2)CC1. The molecule has 0 unspecified atom stereocenters. The fourth-order valence-corrected chi connectivity index (χ4v) is 6.46. The van der Waals surface area contributed by atoms with E-state index in [0.29, 0.717) is 18.1 Å². The van der Waals surface area contributed by atoms with Crippen molar-refractivity contribution in [1.82, 2.24) is 14.2 Å².